The van der Waals surface area contributed by atoms with Crippen molar-refractivity contribution in [2.24, 2.45) is 0 Å². The van der Waals surface area contributed by atoms with E-state index >= 15 is 0 Å². The van der Waals surface area contributed by atoms with E-state index in [2.05, 4.69) is 10.1 Å². The van der Waals surface area contributed by atoms with Crippen LogP contribution in [0.25, 0.3) is 0 Å². The molecule has 0 bridgehead atoms. The number of esters is 1. The van der Waals surface area contributed by atoms with Crippen LogP contribution in [0.4, 0.5) is 0 Å². The average Bonchev–Trinajstić information content (AvgIpc) is 2.18. The summed E-state index contributed by atoms with van der Waals surface area (Å²) >= 11 is 0. The third-order valence-corrected chi connectivity index (χ3v) is 2.44. The first kappa shape index (κ1) is 12.9. The van der Waals surface area contributed by atoms with Crippen molar-refractivity contribution in [1.29, 1.82) is 0 Å². The lowest BCUT2D eigenvalue weighted by molar-refractivity contribution is -0.155. The molecule has 0 aliphatic heterocycles. The molecule has 1 amide bonds. The third-order valence-electron chi connectivity index (χ3n) is 2.44. The van der Waals surface area contributed by atoms with E-state index in [9.17, 15) is 9.59 Å². The number of hydrogen-bond acceptors (Lipinski definition) is 3. The monoisotopic (exact) mass is 201 g/mol. The van der Waals surface area contributed by atoms with Gasteiger partial charge in [-0.2, -0.15) is 0 Å². The Balaban J connectivity index is 4.23. The summed E-state index contributed by atoms with van der Waals surface area (Å²) < 4.78 is 4.59. The van der Waals surface area contributed by atoms with Crippen molar-refractivity contribution in [1.82, 2.24) is 5.32 Å². The summed E-state index contributed by atoms with van der Waals surface area (Å²) in [4.78, 5) is 22.3. The number of carbonyl (C=O) groups is 2. The second kappa shape index (κ2) is 5.62. The van der Waals surface area contributed by atoms with Gasteiger partial charge in [0.05, 0.1) is 6.61 Å². The Hall–Kier alpha value is -1.06. The van der Waals surface area contributed by atoms with Gasteiger partial charge >= 0.3 is 11.9 Å². The Bertz CT molecular complexity index is 209. The molecule has 0 heterocycles. The third kappa shape index (κ3) is 3.77. The summed E-state index contributed by atoms with van der Waals surface area (Å²) in [6, 6.07) is 0. The number of carbonyl (C=O) groups excluding carboxylic acids is 2. The van der Waals surface area contributed by atoms with E-state index in [-0.39, 0.29) is 12.1 Å². The fourth-order valence-corrected chi connectivity index (χ4v) is 0.949. The lowest BCUT2D eigenvalue weighted by Gasteiger charge is -2.27. The molecule has 0 aliphatic rings. The number of hydrogen-bond donors (Lipinski definition) is 1. The van der Waals surface area contributed by atoms with E-state index in [1.54, 1.807) is 6.92 Å². The molecule has 0 aliphatic carbocycles. The summed E-state index contributed by atoms with van der Waals surface area (Å²) in [7, 11) is 0. The zero-order valence-corrected chi connectivity index (χ0v) is 9.35. The molecule has 0 fully saturated rings. The van der Waals surface area contributed by atoms with Gasteiger partial charge in [-0.3, -0.25) is 4.79 Å². The van der Waals surface area contributed by atoms with Gasteiger partial charge in [0.15, 0.2) is 0 Å². The summed E-state index contributed by atoms with van der Waals surface area (Å²) in [6.07, 6.45) is 1.57. The molecule has 14 heavy (non-hydrogen) atoms. The number of nitrogens with one attached hydrogen (secondary N) is 1. The molecule has 0 atom stereocenters. The Morgan fingerprint density at radius 2 is 1.71 bits per heavy atom. The lowest BCUT2D eigenvalue weighted by Crippen LogP contribution is -2.48. The predicted molar refractivity (Wildman–Crippen MR) is 53.8 cm³/mol. The van der Waals surface area contributed by atoms with Crippen LogP contribution in [0.5, 0.6) is 0 Å². The van der Waals surface area contributed by atoms with Crippen molar-refractivity contribution in [2.45, 2.75) is 46.1 Å². The Kier molecular flexibility index (Phi) is 5.20. The Morgan fingerprint density at radius 3 is 2.07 bits per heavy atom. The van der Waals surface area contributed by atoms with Gasteiger partial charge in [0, 0.05) is 5.54 Å². The van der Waals surface area contributed by atoms with Crippen molar-refractivity contribution in [3.63, 3.8) is 0 Å². The van der Waals surface area contributed by atoms with E-state index in [1.165, 1.54) is 0 Å². The first-order valence-electron chi connectivity index (χ1n) is 4.98. The fourth-order valence-electron chi connectivity index (χ4n) is 0.949. The van der Waals surface area contributed by atoms with Gasteiger partial charge < -0.3 is 10.1 Å². The molecule has 4 nitrogen and oxygen atoms in total. The topological polar surface area (TPSA) is 55.4 Å². The average molecular weight is 201 g/mol. The normalized spacial score (nSPS) is 10.9. The van der Waals surface area contributed by atoms with Crippen LogP contribution in [0.3, 0.4) is 0 Å². The molecular formula is C10H19NO3. The van der Waals surface area contributed by atoms with Crippen molar-refractivity contribution in [3.8, 4) is 0 Å². The molecule has 0 rings (SSSR count). The summed E-state index contributed by atoms with van der Waals surface area (Å²) in [5.74, 6) is -1.46. The Morgan fingerprint density at radius 1 is 1.21 bits per heavy atom. The molecule has 0 saturated heterocycles. The molecule has 0 aromatic rings. The zero-order valence-electron chi connectivity index (χ0n) is 9.35. The smallest absolute Gasteiger partial charge is 0.396 e. The van der Waals surface area contributed by atoms with E-state index in [0.717, 1.165) is 12.8 Å². The molecule has 0 aromatic heterocycles. The van der Waals surface area contributed by atoms with Crippen LogP contribution < -0.4 is 5.32 Å². The standard InChI is InChI=1S/C10H19NO3/c1-5-10(4,6-2)11-8(12)9(13)14-7-3/h5-7H2,1-4H3,(H,11,12). The van der Waals surface area contributed by atoms with Gasteiger partial charge in [0.25, 0.3) is 0 Å². The second-order valence-electron chi connectivity index (χ2n) is 3.44. The molecule has 0 aromatic carbocycles. The van der Waals surface area contributed by atoms with Gasteiger partial charge in [-0.25, -0.2) is 4.79 Å². The first-order chi connectivity index (χ1) is 6.49. The highest BCUT2D eigenvalue weighted by Gasteiger charge is 2.26. The fraction of sp³-hybridized carbons (Fsp3) is 0.800. The molecule has 1 N–H and O–H groups in total. The lowest BCUT2D eigenvalue weighted by atomic mass is 9.95. The maximum Gasteiger partial charge on any atom is 0.396 e. The van der Waals surface area contributed by atoms with Crippen LogP contribution in [-0.4, -0.2) is 24.0 Å². The molecular weight excluding hydrogens is 182 g/mol. The molecule has 4 heteroatoms. The maximum absolute atomic E-state index is 11.3. The SMILES string of the molecule is CCOC(=O)C(=O)NC(C)(CC)CC. The predicted octanol–water partition coefficient (Wildman–Crippen LogP) is 1.24. The zero-order chi connectivity index (χ0) is 11.2. The van der Waals surface area contributed by atoms with Gasteiger partial charge in [-0.15, -0.1) is 0 Å². The summed E-state index contributed by atoms with van der Waals surface area (Å²) in [5.41, 5.74) is -0.316. The van der Waals surface area contributed by atoms with Crippen LogP contribution in [0.2, 0.25) is 0 Å². The largest absolute Gasteiger partial charge is 0.459 e. The number of rotatable bonds is 4. The highest BCUT2D eigenvalue weighted by Crippen LogP contribution is 2.13. The number of ether oxygens (including phenoxy) is 1. The van der Waals surface area contributed by atoms with Crippen LogP contribution >= 0.6 is 0 Å². The van der Waals surface area contributed by atoms with Crippen molar-refractivity contribution in [2.75, 3.05) is 6.61 Å². The van der Waals surface area contributed by atoms with E-state index in [1.807, 2.05) is 20.8 Å². The van der Waals surface area contributed by atoms with Gasteiger partial charge in [0.1, 0.15) is 0 Å². The summed E-state index contributed by atoms with van der Waals surface area (Å²) in [6.45, 7) is 7.74. The molecule has 0 radical (unpaired) electrons. The van der Waals surface area contributed by atoms with Crippen LogP contribution in [-0.2, 0) is 14.3 Å². The number of amides is 1. The van der Waals surface area contributed by atoms with Crippen LogP contribution in [0.15, 0.2) is 0 Å². The molecule has 0 spiro atoms. The van der Waals surface area contributed by atoms with E-state index in [0.29, 0.717) is 0 Å². The minimum absolute atomic E-state index is 0.223. The molecule has 82 valence electrons. The second-order valence-corrected chi connectivity index (χ2v) is 3.44. The molecule has 0 unspecified atom stereocenters. The van der Waals surface area contributed by atoms with Crippen LogP contribution in [0.1, 0.15) is 40.5 Å². The van der Waals surface area contributed by atoms with Gasteiger partial charge in [0.2, 0.25) is 0 Å². The van der Waals surface area contributed by atoms with Gasteiger partial charge in [-0.1, -0.05) is 13.8 Å². The molecule has 0 saturated carbocycles. The first-order valence-corrected chi connectivity index (χ1v) is 4.98. The van der Waals surface area contributed by atoms with Crippen molar-refractivity contribution in [3.05, 3.63) is 0 Å². The van der Waals surface area contributed by atoms with Crippen molar-refractivity contribution < 1.29 is 14.3 Å². The summed E-state index contributed by atoms with van der Waals surface area (Å²) in [5, 5.41) is 2.66. The minimum Gasteiger partial charge on any atom is -0.459 e. The van der Waals surface area contributed by atoms with E-state index in [4.69, 9.17) is 0 Å². The van der Waals surface area contributed by atoms with Crippen molar-refractivity contribution >= 4 is 11.9 Å². The maximum atomic E-state index is 11.3. The Labute approximate surface area is 85.0 Å². The van der Waals surface area contributed by atoms with Crippen LogP contribution in [0, 0.1) is 0 Å². The van der Waals surface area contributed by atoms with Gasteiger partial charge in [-0.05, 0) is 26.7 Å². The highest BCUT2D eigenvalue weighted by atomic mass is 16.5. The highest BCUT2D eigenvalue weighted by molar-refractivity contribution is 6.32. The quantitative estimate of drug-likeness (QED) is 0.550. The minimum atomic E-state index is -0.805. The van der Waals surface area contributed by atoms with E-state index < -0.39 is 11.9 Å².